The second-order valence-corrected chi connectivity index (χ2v) is 6.21. The molecule has 0 spiro atoms. The van der Waals surface area contributed by atoms with E-state index in [0.29, 0.717) is 37.6 Å². The second kappa shape index (κ2) is 7.13. The van der Waals surface area contributed by atoms with Gasteiger partial charge in [-0.3, -0.25) is 4.79 Å². The van der Waals surface area contributed by atoms with Crippen LogP contribution >= 0.6 is 0 Å². The number of likely N-dealkylation sites (tertiary alicyclic amines) is 1. The number of benzene rings is 1. The zero-order valence-electron chi connectivity index (χ0n) is 14.2. The summed E-state index contributed by atoms with van der Waals surface area (Å²) in [7, 11) is 1.70. The molecule has 5 nitrogen and oxygen atoms in total. The molecule has 1 fully saturated rings. The van der Waals surface area contributed by atoms with E-state index in [0.717, 1.165) is 17.3 Å². The molecule has 1 aromatic heterocycles. The quantitative estimate of drug-likeness (QED) is 0.928. The molecule has 1 amide bonds. The van der Waals surface area contributed by atoms with Gasteiger partial charge in [0.25, 0.3) is 5.91 Å². The van der Waals surface area contributed by atoms with Gasteiger partial charge in [0.1, 0.15) is 5.69 Å². The molecule has 1 aromatic carbocycles. The Morgan fingerprint density at radius 3 is 2.52 bits per heavy atom. The van der Waals surface area contributed by atoms with E-state index in [-0.39, 0.29) is 11.8 Å². The van der Waals surface area contributed by atoms with Crippen LogP contribution in [0.15, 0.2) is 24.3 Å². The molecule has 0 atom stereocenters. The van der Waals surface area contributed by atoms with Crippen molar-refractivity contribution in [2.24, 2.45) is 0 Å². The minimum atomic E-state index is -0.837. The van der Waals surface area contributed by atoms with Gasteiger partial charge >= 0.3 is 0 Å². The Morgan fingerprint density at radius 2 is 1.88 bits per heavy atom. The fraction of sp³-hybridized carbons (Fsp3) is 0.389. The van der Waals surface area contributed by atoms with Crippen molar-refractivity contribution in [3.63, 3.8) is 0 Å². The van der Waals surface area contributed by atoms with Crippen molar-refractivity contribution in [2.75, 3.05) is 25.5 Å². The van der Waals surface area contributed by atoms with Gasteiger partial charge in [-0.05, 0) is 49.4 Å². The molecule has 0 aliphatic carbocycles. The van der Waals surface area contributed by atoms with Crippen molar-refractivity contribution in [1.82, 2.24) is 14.9 Å². The highest BCUT2D eigenvalue weighted by Crippen LogP contribution is 2.29. The van der Waals surface area contributed by atoms with Gasteiger partial charge in [0.2, 0.25) is 5.95 Å². The lowest BCUT2D eigenvalue weighted by Gasteiger charge is -2.32. The summed E-state index contributed by atoms with van der Waals surface area (Å²) in [5.41, 5.74) is 1.86. The van der Waals surface area contributed by atoms with Crippen molar-refractivity contribution in [1.29, 1.82) is 0 Å². The highest BCUT2D eigenvalue weighted by Gasteiger charge is 2.26. The average Bonchev–Trinajstić information content (AvgIpc) is 2.63. The predicted octanol–water partition coefficient (Wildman–Crippen LogP) is 3.12. The first-order chi connectivity index (χ1) is 12.0. The molecule has 0 saturated carbocycles. The SMILES string of the molecule is CNc1nc(C)cc(C(=O)N2CCC(c3ccc(F)c(F)c3)CC2)n1. The maximum absolute atomic E-state index is 13.4. The molecule has 3 rings (SSSR count). The van der Waals surface area contributed by atoms with Gasteiger partial charge in [-0.15, -0.1) is 0 Å². The average molecular weight is 346 g/mol. The lowest BCUT2D eigenvalue weighted by molar-refractivity contribution is 0.0706. The second-order valence-electron chi connectivity index (χ2n) is 6.21. The van der Waals surface area contributed by atoms with E-state index in [2.05, 4.69) is 15.3 Å². The van der Waals surface area contributed by atoms with Gasteiger partial charge < -0.3 is 10.2 Å². The minimum Gasteiger partial charge on any atom is -0.357 e. The summed E-state index contributed by atoms with van der Waals surface area (Å²) in [6.07, 6.45) is 1.42. The summed E-state index contributed by atoms with van der Waals surface area (Å²) in [6.45, 7) is 2.93. The van der Waals surface area contributed by atoms with Gasteiger partial charge in [-0.25, -0.2) is 18.7 Å². The molecule has 0 unspecified atom stereocenters. The lowest BCUT2D eigenvalue weighted by atomic mass is 9.89. The monoisotopic (exact) mass is 346 g/mol. The molecular formula is C18H20F2N4O. The van der Waals surface area contributed by atoms with E-state index in [9.17, 15) is 13.6 Å². The lowest BCUT2D eigenvalue weighted by Crippen LogP contribution is -2.38. The zero-order chi connectivity index (χ0) is 18.0. The topological polar surface area (TPSA) is 58.1 Å². The number of hydrogen-bond acceptors (Lipinski definition) is 4. The number of halogens is 2. The number of anilines is 1. The number of aryl methyl sites for hydroxylation is 1. The number of nitrogens with zero attached hydrogens (tertiary/aromatic N) is 3. The molecule has 25 heavy (non-hydrogen) atoms. The summed E-state index contributed by atoms with van der Waals surface area (Å²) < 4.78 is 26.5. The van der Waals surface area contributed by atoms with Crippen LogP contribution in [0.4, 0.5) is 14.7 Å². The van der Waals surface area contributed by atoms with Gasteiger partial charge in [0.05, 0.1) is 0 Å². The maximum Gasteiger partial charge on any atom is 0.272 e. The third-order valence-corrected chi connectivity index (χ3v) is 4.49. The number of amides is 1. The highest BCUT2D eigenvalue weighted by atomic mass is 19.2. The van der Waals surface area contributed by atoms with Gasteiger partial charge in [0, 0.05) is 25.8 Å². The van der Waals surface area contributed by atoms with Crippen LogP contribution in [-0.2, 0) is 0 Å². The third kappa shape index (κ3) is 3.75. The summed E-state index contributed by atoms with van der Waals surface area (Å²) in [5.74, 6) is -1.26. The molecular weight excluding hydrogens is 326 g/mol. The first-order valence-corrected chi connectivity index (χ1v) is 8.25. The Bertz CT molecular complexity index is 789. The number of carbonyl (C=O) groups is 1. The van der Waals surface area contributed by atoms with Crippen LogP contribution in [0.25, 0.3) is 0 Å². The fourth-order valence-corrected chi connectivity index (χ4v) is 3.13. The number of rotatable bonds is 3. The van der Waals surface area contributed by atoms with Crippen LogP contribution in [0.5, 0.6) is 0 Å². The molecule has 1 aliphatic rings. The summed E-state index contributed by atoms with van der Waals surface area (Å²) in [6, 6.07) is 5.70. The molecule has 2 aromatic rings. The Morgan fingerprint density at radius 1 is 1.16 bits per heavy atom. The minimum absolute atomic E-state index is 0.124. The van der Waals surface area contributed by atoms with Gasteiger partial charge in [0.15, 0.2) is 11.6 Å². The Hall–Kier alpha value is -2.57. The van der Waals surface area contributed by atoms with Crippen LogP contribution in [-0.4, -0.2) is 40.9 Å². The first kappa shape index (κ1) is 17.3. The molecule has 1 N–H and O–H groups in total. The van der Waals surface area contributed by atoms with Crippen molar-refractivity contribution < 1.29 is 13.6 Å². The zero-order valence-corrected chi connectivity index (χ0v) is 14.2. The van der Waals surface area contributed by atoms with Crippen molar-refractivity contribution in [2.45, 2.75) is 25.7 Å². The van der Waals surface area contributed by atoms with E-state index >= 15 is 0 Å². The molecule has 0 radical (unpaired) electrons. The van der Waals surface area contributed by atoms with Crippen LogP contribution in [0.2, 0.25) is 0 Å². The van der Waals surface area contributed by atoms with Crippen molar-refractivity contribution in [3.05, 3.63) is 52.9 Å². The first-order valence-electron chi connectivity index (χ1n) is 8.25. The normalized spacial score (nSPS) is 15.3. The number of hydrogen-bond donors (Lipinski definition) is 1. The fourth-order valence-electron chi connectivity index (χ4n) is 3.13. The Labute approximate surface area is 145 Å². The maximum atomic E-state index is 13.4. The molecule has 0 bridgehead atoms. The summed E-state index contributed by atoms with van der Waals surface area (Å²) in [4.78, 5) is 22.8. The van der Waals surface area contributed by atoms with Crippen LogP contribution in [0, 0.1) is 18.6 Å². The van der Waals surface area contributed by atoms with E-state index in [1.165, 1.54) is 6.07 Å². The molecule has 132 valence electrons. The van der Waals surface area contributed by atoms with Crippen molar-refractivity contribution in [3.8, 4) is 0 Å². The third-order valence-electron chi connectivity index (χ3n) is 4.49. The van der Waals surface area contributed by atoms with Crippen molar-refractivity contribution >= 4 is 11.9 Å². The molecule has 7 heteroatoms. The highest BCUT2D eigenvalue weighted by molar-refractivity contribution is 5.92. The van der Waals surface area contributed by atoms with E-state index in [4.69, 9.17) is 0 Å². The van der Waals surface area contributed by atoms with Gasteiger partial charge in [-0.1, -0.05) is 6.07 Å². The van der Waals surface area contributed by atoms with E-state index in [1.807, 2.05) is 6.92 Å². The number of nitrogens with one attached hydrogen (secondary N) is 1. The Balaban J connectivity index is 1.68. The van der Waals surface area contributed by atoms with Gasteiger partial charge in [-0.2, -0.15) is 0 Å². The summed E-state index contributed by atoms with van der Waals surface area (Å²) in [5, 5.41) is 2.85. The number of carbonyl (C=O) groups excluding carboxylic acids is 1. The Kier molecular flexibility index (Phi) is 4.92. The molecule has 2 heterocycles. The molecule has 1 saturated heterocycles. The van der Waals surface area contributed by atoms with Crippen LogP contribution in [0.3, 0.4) is 0 Å². The van der Waals surface area contributed by atoms with E-state index in [1.54, 1.807) is 24.1 Å². The molecule has 1 aliphatic heterocycles. The number of piperidine rings is 1. The number of aromatic nitrogens is 2. The predicted molar refractivity (Wildman–Crippen MR) is 90.6 cm³/mol. The summed E-state index contributed by atoms with van der Waals surface area (Å²) >= 11 is 0. The smallest absolute Gasteiger partial charge is 0.272 e. The largest absolute Gasteiger partial charge is 0.357 e. The van der Waals surface area contributed by atoms with Crippen LogP contribution in [0.1, 0.15) is 40.5 Å². The van der Waals surface area contributed by atoms with E-state index < -0.39 is 11.6 Å². The standard InChI is InChI=1S/C18H20F2N4O/c1-11-9-16(23-18(21-2)22-11)17(25)24-7-5-12(6-8-24)13-3-4-14(19)15(20)10-13/h3-4,9-10,12H,5-8H2,1-2H3,(H,21,22,23). The van der Waals surface area contributed by atoms with Crippen LogP contribution < -0.4 is 5.32 Å².